The Morgan fingerprint density at radius 2 is 1.90 bits per heavy atom. The fourth-order valence-electron chi connectivity index (χ4n) is 1.61. The van der Waals surface area contributed by atoms with Crippen molar-refractivity contribution in [3.8, 4) is 11.5 Å². The maximum Gasteiger partial charge on any atom is 0.307 e. The molecule has 110 valence electrons. The van der Waals surface area contributed by atoms with Crippen molar-refractivity contribution in [3.63, 3.8) is 0 Å². The fourth-order valence-corrected chi connectivity index (χ4v) is 1.85. The molecule has 0 radical (unpaired) electrons. The van der Waals surface area contributed by atoms with Gasteiger partial charge in [-0.25, -0.2) is 4.39 Å². The van der Waals surface area contributed by atoms with Crippen molar-refractivity contribution in [2.24, 2.45) is 5.73 Å². The fraction of sp³-hybridized carbons (Fsp3) is 0.0769. The van der Waals surface area contributed by atoms with Crippen LogP contribution in [0, 0.1) is 21.7 Å². The van der Waals surface area contributed by atoms with Crippen molar-refractivity contribution in [1.29, 1.82) is 0 Å². The summed E-state index contributed by atoms with van der Waals surface area (Å²) in [5.41, 5.74) is 5.21. The van der Waals surface area contributed by atoms with E-state index in [1.165, 1.54) is 12.1 Å². The van der Waals surface area contributed by atoms with Crippen LogP contribution in [-0.2, 0) is 6.54 Å². The van der Waals surface area contributed by atoms with Crippen molar-refractivity contribution in [3.05, 3.63) is 62.7 Å². The molecule has 0 heterocycles. The van der Waals surface area contributed by atoms with Gasteiger partial charge in [-0.2, -0.15) is 4.39 Å². The molecule has 0 aliphatic carbocycles. The zero-order chi connectivity index (χ0) is 15.6. The van der Waals surface area contributed by atoms with E-state index in [4.69, 9.17) is 22.1 Å². The number of nitro benzene ring substituents is 1. The Morgan fingerprint density at radius 3 is 2.48 bits per heavy atom. The van der Waals surface area contributed by atoms with Gasteiger partial charge in [0.2, 0.25) is 5.82 Å². The molecule has 0 unspecified atom stereocenters. The summed E-state index contributed by atoms with van der Waals surface area (Å²) in [5, 5.41) is 10.7. The molecule has 0 aromatic heterocycles. The van der Waals surface area contributed by atoms with E-state index in [0.29, 0.717) is 12.1 Å². The Bertz CT molecular complexity index is 710. The number of halogens is 3. The van der Waals surface area contributed by atoms with E-state index in [2.05, 4.69) is 0 Å². The Balaban J connectivity index is 2.36. The molecule has 2 N–H and O–H groups in total. The molecule has 0 atom stereocenters. The molecule has 0 aliphatic heterocycles. The lowest BCUT2D eigenvalue weighted by atomic mass is 10.2. The first-order valence-corrected chi connectivity index (χ1v) is 6.10. The molecule has 0 saturated heterocycles. The van der Waals surface area contributed by atoms with Crippen LogP contribution in [0.5, 0.6) is 11.5 Å². The number of rotatable bonds is 4. The van der Waals surface area contributed by atoms with Gasteiger partial charge in [0, 0.05) is 12.6 Å². The maximum absolute atomic E-state index is 13.7. The maximum atomic E-state index is 13.7. The highest BCUT2D eigenvalue weighted by Crippen LogP contribution is 2.33. The minimum Gasteiger partial charge on any atom is -0.453 e. The molecule has 2 aromatic carbocycles. The van der Waals surface area contributed by atoms with Gasteiger partial charge in [-0.1, -0.05) is 17.7 Å². The average Bonchev–Trinajstić information content (AvgIpc) is 2.44. The number of nitrogens with zero attached hydrogens (tertiary/aromatic N) is 1. The molecule has 0 fully saturated rings. The Kier molecular flexibility index (Phi) is 4.35. The van der Waals surface area contributed by atoms with Crippen LogP contribution in [0.25, 0.3) is 0 Å². The molecule has 0 amide bonds. The quantitative estimate of drug-likeness (QED) is 0.688. The third kappa shape index (κ3) is 3.26. The minimum atomic E-state index is -1.20. The van der Waals surface area contributed by atoms with Crippen molar-refractivity contribution in [2.75, 3.05) is 0 Å². The normalized spacial score (nSPS) is 10.5. The molecule has 0 spiro atoms. The number of hydrogen-bond acceptors (Lipinski definition) is 4. The third-order valence-electron chi connectivity index (χ3n) is 2.65. The van der Waals surface area contributed by atoms with E-state index in [9.17, 15) is 18.9 Å². The van der Waals surface area contributed by atoms with Crippen LogP contribution in [0.3, 0.4) is 0 Å². The van der Waals surface area contributed by atoms with Gasteiger partial charge in [-0.05, 0) is 17.7 Å². The SMILES string of the molecule is NCc1ccc(Oc2cc(F)c([N+](=O)[O-])cc2F)c(Cl)c1. The van der Waals surface area contributed by atoms with Gasteiger partial charge in [-0.3, -0.25) is 10.1 Å². The molecule has 21 heavy (non-hydrogen) atoms. The standard InChI is InChI=1S/C13H9ClF2N2O3/c14-8-3-7(6-17)1-2-12(8)21-13-5-9(15)11(18(19)20)4-10(13)16/h1-5H,6,17H2. The largest absolute Gasteiger partial charge is 0.453 e. The highest BCUT2D eigenvalue weighted by molar-refractivity contribution is 6.32. The van der Waals surface area contributed by atoms with E-state index < -0.39 is 28.0 Å². The van der Waals surface area contributed by atoms with Gasteiger partial charge >= 0.3 is 5.69 Å². The first-order chi connectivity index (χ1) is 9.92. The molecule has 0 aliphatic rings. The summed E-state index contributed by atoms with van der Waals surface area (Å²) in [4.78, 5) is 9.47. The summed E-state index contributed by atoms with van der Waals surface area (Å²) in [6.45, 7) is 0.264. The van der Waals surface area contributed by atoms with Gasteiger partial charge in [0.25, 0.3) is 0 Å². The van der Waals surface area contributed by atoms with Crippen LogP contribution >= 0.6 is 11.6 Å². The summed E-state index contributed by atoms with van der Waals surface area (Å²) in [6.07, 6.45) is 0. The highest BCUT2D eigenvalue weighted by Gasteiger charge is 2.20. The number of benzene rings is 2. The number of ether oxygens (including phenoxy) is 1. The monoisotopic (exact) mass is 314 g/mol. The summed E-state index contributed by atoms with van der Waals surface area (Å²) in [5.74, 6) is -2.69. The summed E-state index contributed by atoms with van der Waals surface area (Å²) in [6, 6.07) is 5.63. The van der Waals surface area contributed by atoms with Gasteiger partial charge in [-0.15, -0.1) is 0 Å². The van der Waals surface area contributed by atoms with Gasteiger partial charge in [0.1, 0.15) is 5.75 Å². The van der Waals surface area contributed by atoms with Gasteiger partial charge < -0.3 is 10.5 Å². The zero-order valence-electron chi connectivity index (χ0n) is 10.5. The highest BCUT2D eigenvalue weighted by atomic mass is 35.5. The van der Waals surface area contributed by atoms with Crippen molar-refractivity contribution >= 4 is 17.3 Å². The Morgan fingerprint density at radius 1 is 1.19 bits per heavy atom. The Hall–Kier alpha value is -2.25. The molecular weight excluding hydrogens is 306 g/mol. The lowest BCUT2D eigenvalue weighted by molar-refractivity contribution is -0.387. The molecule has 2 aromatic rings. The van der Waals surface area contributed by atoms with E-state index in [1.807, 2.05) is 0 Å². The molecule has 0 bridgehead atoms. The molecule has 0 saturated carbocycles. The smallest absolute Gasteiger partial charge is 0.307 e. The zero-order valence-corrected chi connectivity index (χ0v) is 11.2. The Labute approximate surface area is 123 Å². The van der Waals surface area contributed by atoms with Crippen LogP contribution < -0.4 is 10.5 Å². The number of nitrogens with two attached hydrogens (primary N) is 1. The van der Waals surface area contributed by atoms with Crippen molar-refractivity contribution in [1.82, 2.24) is 0 Å². The van der Waals surface area contributed by atoms with Crippen LogP contribution in [0.15, 0.2) is 30.3 Å². The average molecular weight is 315 g/mol. The third-order valence-corrected chi connectivity index (χ3v) is 2.95. The number of hydrogen-bond donors (Lipinski definition) is 1. The predicted molar refractivity (Wildman–Crippen MR) is 72.4 cm³/mol. The second-order valence-corrected chi connectivity index (χ2v) is 4.47. The second kappa shape index (κ2) is 6.02. The van der Waals surface area contributed by atoms with Crippen LogP contribution in [0.4, 0.5) is 14.5 Å². The molecule has 8 heteroatoms. The first-order valence-electron chi connectivity index (χ1n) is 5.72. The number of nitro groups is 1. The van der Waals surface area contributed by atoms with Crippen LogP contribution in [0.1, 0.15) is 5.56 Å². The van der Waals surface area contributed by atoms with E-state index in [-0.39, 0.29) is 17.3 Å². The van der Waals surface area contributed by atoms with E-state index in [1.54, 1.807) is 6.07 Å². The van der Waals surface area contributed by atoms with E-state index >= 15 is 0 Å². The van der Waals surface area contributed by atoms with Gasteiger partial charge in [0.05, 0.1) is 16.0 Å². The molecule has 2 rings (SSSR count). The van der Waals surface area contributed by atoms with Crippen LogP contribution in [-0.4, -0.2) is 4.92 Å². The topological polar surface area (TPSA) is 78.4 Å². The van der Waals surface area contributed by atoms with Crippen LogP contribution in [0.2, 0.25) is 5.02 Å². The molecule has 5 nitrogen and oxygen atoms in total. The lowest BCUT2D eigenvalue weighted by Crippen LogP contribution is -1.98. The van der Waals surface area contributed by atoms with E-state index in [0.717, 1.165) is 5.56 Å². The van der Waals surface area contributed by atoms with Crippen molar-refractivity contribution in [2.45, 2.75) is 6.54 Å². The summed E-state index contributed by atoms with van der Waals surface area (Å²) >= 11 is 5.93. The van der Waals surface area contributed by atoms with Crippen molar-refractivity contribution < 1.29 is 18.4 Å². The first kappa shape index (κ1) is 15.1. The second-order valence-electron chi connectivity index (χ2n) is 4.06. The summed E-state index contributed by atoms with van der Waals surface area (Å²) in [7, 11) is 0. The van der Waals surface area contributed by atoms with Gasteiger partial charge in [0.15, 0.2) is 11.6 Å². The summed E-state index contributed by atoms with van der Waals surface area (Å²) < 4.78 is 32.3. The predicted octanol–water partition coefficient (Wildman–Crippen LogP) is 3.78. The lowest BCUT2D eigenvalue weighted by Gasteiger charge is -2.09. The molecular formula is C13H9ClF2N2O3. The minimum absolute atomic E-state index is 0.0843.